The standard InChI is InChI=1S/C18H36N2O3S2/c1-6-23-18(4,5)10-12-20-17(22)9-14-25-24-13-8-16(21)19-11-7-15(2)3/h15H,6-14H2,1-5H3,(H,19,21)(H,20,22). The van der Waals surface area contributed by atoms with Gasteiger partial charge in [0.2, 0.25) is 11.8 Å². The maximum absolute atomic E-state index is 11.8. The second kappa shape index (κ2) is 14.7. The molecule has 0 heterocycles. The number of ether oxygens (including phenoxy) is 1. The molecule has 0 aliphatic heterocycles. The molecular weight excluding hydrogens is 356 g/mol. The smallest absolute Gasteiger partial charge is 0.220 e. The number of rotatable bonds is 15. The summed E-state index contributed by atoms with van der Waals surface area (Å²) in [5.41, 5.74) is -0.192. The Labute approximate surface area is 161 Å². The first-order valence-corrected chi connectivity index (χ1v) is 11.7. The van der Waals surface area contributed by atoms with Crippen LogP contribution in [0.2, 0.25) is 0 Å². The highest BCUT2D eigenvalue weighted by molar-refractivity contribution is 8.76. The van der Waals surface area contributed by atoms with Gasteiger partial charge < -0.3 is 15.4 Å². The van der Waals surface area contributed by atoms with Crippen LogP contribution in [-0.2, 0) is 14.3 Å². The van der Waals surface area contributed by atoms with Gasteiger partial charge in [0.1, 0.15) is 0 Å². The predicted octanol–water partition coefficient (Wildman–Crippen LogP) is 3.63. The van der Waals surface area contributed by atoms with Crippen LogP contribution in [0.15, 0.2) is 0 Å². The summed E-state index contributed by atoms with van der Waals surface area (Å²) in [6, 6.07) is 0. The molecule has 25 heavy (non-hydrogen) atoms. The number of amides is 2. The molecule has 0 bridgehead atoms. The van der Waals surface area contributed by atoms with Gasteiger partial charge in [0.05, 0.1) is 5.60 Å². The van der Waals surface area contributed by atoms with E-state index in [0.29, 0.717) is 31.9 Å². The third kappa shape index (κ3) is 16.8. The monoisotopic (exact) mass is 392 g/mol. The van der Waals surface area contributed by atoms with E-state index in [1.54, 1.807) is 21.6 Å². The van der Waals surface area contributed by atoms with E-state index in [2.05, 4.69) is 24.5 Å². The van der Waals surface area contributed by atoms with Gasteiger partial charge >= 0.3 is 0 Å². The van der Waals surface area contributed by atoms with Gasteiger partial charge in [0.25, 0.3) is 0 Å². The van der Waals surface area contributed by atoms with E-state index in [1.807, 2.05) is 20.8 Å². The molecule has 7 heteroatoms. The Morgan fingerprint density at radius 1 is 1.00 bits per heavy atom. The first kappa shape index (κ1) is 24.6. The largest absolute Gasteiger partial charge is 0.376 e. The van der Waals surface area contributed by atoms with Crippen LogP contribution in [0.1, 0.15) is 60.3 Å². The summed E-state index contributed by atoms with van der Waals surface area (Å²) in [6.45, 7) is 12.4. The Balaban J connectivity index is 3.50. The molecule has 0 spiro atoms. The van der Waals surface area contributed by atoms with Crippen molar-refractivity contribution in [3.63, 3.8) is 0 Å². The lowest BCUT2D eigenvalue weighted by Gasteiger charge is -2.24. The molecule has 0 saturated carbocycles. The van der Waals surface area contributed by atoms with Crippen molar-refractivity contribution in [1.29, 1.82) is 0 Å². The van der Waals surface area contributed by atoms with Crippen LogP contribution in [0.5, 0.6) is 0 Å². The van der Waals surface area contributed by atoms with Crippen LogP contribution in [0.4, 0.5) is 0 Å². The number of carbonyl (C=O) groups excluding carboxylic acids is 2. The predicted molar refractivity (Wildman–Crippen MR) is 110 cm³/mol. The summed E-state index contributed by atoms with van der Waals surface area (Å²) >= 11 is 0. The molecule has 0 unspecified atom stereocenters. The van der Waals surface area contributed by atoms with Crippen LogP contribution < -0.4 is 10.6 Å². The average Bonchev–Trinajstić information content (AvgIpc) is 2.50. The molecule has 0 atom stereocenters. The van der Waals surface area contributed by atoms with Crippen molar-refractivity contribution in [1.82, 2.24) is 10.6 Å². The van der Waals surface area contributed by atoms with Crippen LogP contribution in [0.3, 0.4) is 0 Å². The SMILES string of the molecule is CCOC(C)(C)CCNC(=O)CCSSCCC(=O)NCCC(C)C. The van der Waals surface area contributed by atoms with Crippen LogP contribution >= 0.6 is 21.6 Å². The second-order valence-electron chi connectivity index (χ2n) is 6.97. The lowest BCUT2D eigenvalue weighted by molar-refractivity contribution is -0.121. The Morgan fingerprint density at radius 3 is 2.00 bits per heavy atom. The van der Waals surface area contributed by atoms with Crippen LogP contribution in [0, 0.1) is 5.92 Å². The molecule has 5 nitrogen and oxygen atoms in total. The lowest BCUT2D eigenvalue weighted by Crippen LogP contribution is -2.32. The Morgan fingerprint density at radius 2 is 1.52 bits per heavy atom. The van der Waals surface area contributed by atoms with Gasteiger partial charge in [0.15, 0.2) is 0 Å². The van der Waals surface area contributed by atoms with Gasteiger partial charge in [-0.2, -0.15) is 0 Å². The molecular formula is C18H36N2O3S2. The highest BCUT2D eigenvalue weighted by atomic mass is 33.1. The summed E-state index contributed by atoms with van der Waals surface area (Å²) in [5, 5.41) is 5.86. The van der Waals surface area contributed by atoms with Gasteiger partial charge in [-0.3, -0.25) is 9.59 Å². The molecule has 0 aromatic rings. The van der Waals surface area contributed by atoms with Gasteiger partial charge in [-0.15, -0.1) is 0 Å². The van der Waals surface area contributed by atoms with E-state index in [0.717, 1.165) is 30.9 Å². The third-order valence-corrected chi connectivity index (χ3v) is 5.94. The zero-order valence-corrected chi connectivity index (χ0v) is 18.1. The van der Waals surface area contributed by atoms with Crippen molar-refractivity contribution in [2.24, 2.45) is 5.92 Å². The van der Waals surface area contributed by atoms with Crippen molar-refractivity contribution < 1.29 is 14.3 Å². The van der Waals surface area contributed by atoms with Crippen molar-refractivity contribution in [3.05, 3.63) is 0 Å². The minimum atomic E-state index is -0.192. The first-order chi connectivity index (χ1) is 11.8. The molecule has 0 rings (SSSR count). The fourth-order valence-corrected chi connectivity index (χ4v) is 4.01. The summed E-state index contributed by atoms with van der Waals surface area (Å²) in [5.74, 6) is 2.35. The Hall–Kier alpha value is -0.400. The summed E-state index contributed by atoms with van der Waals surface area (Å²) in [4.78, 5) is 23.4. The zero-order chi connectivity index (χ0) is 19.1. The third-order valence-electron chi connectivity index (χ3n) is 3.54. The average molecular weight is 393 g/mol. The highest BCUT2D eigenvalue weighted by Gasteiger charge is 2.17. The minimum absolute atomic E-state index is 0.0758. The van der Waals surface area contributed by atoms with Crippen molar-refractivity contribution in [3.8, 4) is 0 Å². The van der Waals surface area contributed by atoms with Gasteiger partial charge in [-0.1, -0.05) is 35.4 Å². The second-order valence-corrected chi connectivity index (χ2v) is 9.67. The summed E-state index contributed by atoms with van der Waals surface area (Å²) in [6.07, 6.45) is 2.87. The number of hydrogen-bond donors (Lipinski definition) is 2. The molecule has 0 saturated heterocycles. The van der Waals surface area contributed by atoms with Crippen molar-refractivity contribution >= 4 is 33.4 Å². The molecule has 0 aliphatic rings. The number of carbonyl (C=O) groups is 2. The zero-order valence-electron chi connectivity index (χ0n) is 16.5. The number of nitrogens with one attached hydrogen (secondary N) is 2. The summed E-state index contributed by atoms with van der Waals surface area (Å²) in [7, 11) is 3.30. The first-order valence-electron chi connectivity index (χ1n) is 9.18. The van der Waals surface area contributed by atoms with Crippen LogP contribution in [0.25, 0.3) is 0 Å². The lowest BCUT2D eigenvalue weighted by atomic mass is 10.1. The normalized spacial score (nSPS) is 11.6. The molecule has 2 N–H and O–H groups in total. The van der Waals surface area contributed by atoms with E-state index in [-0.39, 0.29) is 17.4 Å². The highest BCUT2D eigenvalue weighted by Crippen LogP contribution is 2.22. The minimum Gasteiger partial charge on any atom is -0.376 e. The topological polar surface area (TPSA) is 67.4 Å². The molecule has 2 amide bonds. The Kier molecular flexibility index (Phi) is 14.5. The maximum atomic E-state index is 11.8. The van der Waals surface area contributed by atoms with E-state index in [9.17, 15) is 9.59 Å². The fraction of sp³-hybridized carbons (Fsp3) is 0.889. The van der Waals surface area contributed by atoms with Crippen molar-refractivity contribution in [2.45, 2.75) is 65.9 Å². The molecule has 0 fully saturated rings. The quantitative estimate of drug-likeness (QED) is 0.329. The van der Waals surface area contributed by atoms with Gasteiger partial charge in [0, 0.05) is 44.0 Å². The van der Waals surface area contributed by atoms with E-state index in [4.69, 9.17) is 4.74 Å². The summed E-state index contributed by atoms with van der Waals surface area (Å²) < 4.78 is 5.60. The van der Waals surface area contributed by atoms with E-state index in [1.165, 1.54) is 0 Å². The van der Waals surface area contributed by atoms with Crippen LogP contribution in [-0.4, -0.2) is 48.6 Å². The molecule has 0 radical (unpaired) electrons. The molecule has 0 aliphatic carbocycles. The Bertz CT molecular complexity index is 377. The molecule has 0 aromatic carbocycles. The van der Waals surface area contributed by atoms with E-state index >= 15 is 0 Å². The van der Waals surface area contributed by atoms with Crippen molar-refractivity contribution in [2.75, 3.05) is 31.2 Å². The van der Waals surface area contributed by atoms with Gasteiger partial charge in [-0.25, -0.2) is 0 Å². The van der Waals surface area contributed by atoms with E-state index < -0.39 is 0 Å². The maximum Gasteiger partial charge on any atom is 0.220 e. The molecule has 0 aromatic heterocycles. The number of hydrogen-bond acceptors (Lipinski definition) is 5. The molecule has 148 valence electrons. The van der Waals surface area contributed by atoms with Gasteiger partial charge in [-0.05, 0) is 39.5 Å². The fourth-order valence-electron chi connectivity index (χ4n) is 2.03.